The first-order chi connectivity index (χ1) is 13.1. The van der Waals surface area contributed by atoms with E-state index >= 15 is 0 Å². The minimum Gasteiger partial charge on any atom is -0.507 e. The lowest BCUT2D eigenvalue weighted by Crippen LogP contribution is -2.12. The summed E-state index contributed by atoms with van der Waals surface area (Å²) in [5.74, 6) is -2.29. The molecule has 0 fully saturated rings. The molecule has 5 heteroatoms. The fourth-order valence-electron chi connectivity index (χ4n) is 3.14. The maximum atomic E-state index is 12.9. The number of benzene rings is 4. The van der Waals surface area contributed by atoms with Crippen LogP contribution in [0.5, 0.6) is 11.5 Å². The molecule has 0 saturated carbocycles. The van der Waals surface area contributed by atoms with E-state index in [0.717, 1.165) is 10.8 Å². The maximum absolute atomic E-state index is 12.9. The van der Waals surface area contributed by atoms with Crippen molar-refractivity contribution in [2.24, 2.45) is 0 Å². The highest BCUT2D eigenvalue weighted by Crippen LogP contribution is 2.33. The third-order valence-corrected chi connectivity index (χ3v) is 4.42. The molecule has 0 amide bonds. The van der Waals surface area contributed by atoms with Gasteiger partial charge in [0.25, 0.3) is 0 Å². The van der Waals surface area contributed by atoms with Crippen molar-refractivity contribution in [3.05, 3.63) is 83.9 Å². The number of carbonyl (C=O) groups is 2. The van der Waals surface area contributed by atoms with Crippen LogP contribution in [0.4, 0.5) is 0 Å². The zero-order chi connectivity index (χ0) is 19.0. The second kappa shape index (κ2) is 6.46. The molecule has 132 valence electrons. The molecular weight excluding hydrogens is 344 g/mol. The zero-order valence-corrected chi connectivity index (χ0v) is 14.0. The van der Waals surface area contributed by atoms with E-state index in [1.807, 2.05) is 18.2 Å². The summed E-state index contributed by atoms with van der Waals surface area (Å²) in [7, 11) is 0. The van der Waals surface area contributed by atoms with E-state index in [2.05, 4.69) is 0 Å². The van der Waals surface area contributed by atoms with Gasteiger partial charge in [-0.05, 0) is 28.3 Å². The second-order valence-electron chi connectivity index (χ2n) is 6.04. The zero-order valence-electron chi connectivity index (χ0n) is 14.0. The van der Waals surface area contributed by atoms with Crippen LogP contribution in [0, 0.1) is 0 Å². The van der Waals surface area contributed by atoms with Crippen molar-refractivity contribution in [2.75, 3.05) is 0 Å². The average Bonchev–Trinajstić information content (AvgIpc) is 2.67. The molecule has 0 aliphatic heterocycles. The first-order valence-electron chi connectivity index (χ1n) is 8.24. The van der Waals surface area contributed by atoms with Crippen LogP contribution in [0.15, 0.2) is 72.8 Å². The first-order valence-corrected chi connectivity index (χ1v) is 8.24. The van der Waals surface area contributed by atoms with Crippen molar-refractivity contribution >= 4 is 33.5 Å². The molecule has 27 heavy (non-hydrogen) atoms. The largest absolute Gasteiger partial charge is 0.507 e. The van der Waals surface area contributed by atoms with Gasteiger partial charge >= 0.3 is 11.9 Å². The lowest BCUT2D eigenvalue weighted by molar-refractivity contribution is 0.0683. The maximum Gasteiger partial charge on any atom is 0.348 e. The van der Waals surface area contributed by atoms with Crippen LogP contribution in [-0.2, 0) is 0 Å². The Balaban J connectivity index is 1.88. The van der Waals surface area contributed by atoms with Crippen molar-refractivity contribution in [3.63, 3.8) is 0 Å². The van der Waals surface area contributed by atoms with Crippen molar-refractivity contribution in [2.45, 2.75) is 0 Å². The average molecular weight is 358 g/mol. The molecule has 0 atom stereocenters. The fourth-order valence-corrected chi connectivity index (χ4v) is 3.14. The summed E-state index contributed by atoms with van der Waals surface area (Å²) < 4.78 is 5.52. The van der Waals surface area contributed by atoms with Crippen LogP contribution in [0.3, 0.4) is 0 Å². The van der Waals surface area contributed by atoms with Crippen molar-refractivity contribution in [1.82, 2.24) is 0 Å². The summed E-state index contributed by atoms with van der Waals surface area (Å²) in [6, 6.07) is 20.3. The Kier molecular flexibility index (Phi) is 3.97. The first kappa shape index (κ1) is 16.6. The van der Waals surface area contributed by atoms with Crippen molar-refractivity contribution in [3.8, 4) is 11.5 Å². The van der Waals surface area contributed by atoms with E-state index in [-0.39, 0.29) is 22.6 Å². The molecule has 0 unspecified atom stereocenters. The Bertz CT molecular complexity index is 1210. The van der Waals surface area contributed by atoms with E-state index in [4.69, 9.17) is 4.74 Å². The van der Waals surface area contributed by atoms with Gasteiger partial charge in [0.05, 0.1) is 0 Å². The number of esters is 1. The monoisotopic (exact) mass is 358 g/mol. The van der Waals surface area contributed by atoms with Crippen LogP contribution in [-0.4, -0.2) is 22.2 Å². The normalized spacial score (nSPS) is 10.8. The van der Waals surface area contributed by atoms with Crippen LogP contribution < -0.4 is 4.74 Å². The molecule has 4 rings (SSSR count). The molecule has 0 heterocycles. The van der Waals surface area contributed by atoms with Gasteiger partial charge in [-0.15, -0.1) is 0 Å². The Labute approximate surface area is 154 Å². The number of carboxylic acids is 1. The van der Waals surface area contributed by atoms with Gasteiger partial charge in [-0.25, -0.2) is 9.59 Å². The van der Waals surface area contributed by atoms with Crippen LogP contribution in [0.1, 0.15) is 20.7 Å². The molecule has 4 aromatic carbocycles. The summed E-state index contributed by atoms with van der Waals surface area (Å²) in [6.07, 6.45) is 0. The van der Waals surface area contributed by atoms with Gasteiger partial charge in [0.2, 0.25) is 0 Å². The minimum absolute atomic E-state index is 0.00243. The summed E-state index contributed by atoms with van der Waals surface area (Å²) in [6.45, 7) is 0. The highest BCUT2D eigenvalue weighted by Gasteiger charge is 2.22. The number of aromatic carboxylic acids is 1. The van der Waals surface area contributed by atoms with Crippen LogP contribution in [0.25, 0.3) is 21.5 Å². The molecular formula is C22H14O5. The van der Waals surface area contributed by atoms with E-state index in [9.17, 15) is 19.8 Å². The van der Waals surface area contributed by atoms with Gasteiger partial charge in [-0.3, -0.25) is 0 Å². The number of phenols is 1. The van der Waals surface area contributed by atoms with Gasteiger partial charge in [0.15, 0.2) is 5.75 Å². The lowest BCUT2D eigenvalue weighted by atomic mass is 10.0. The second-order valence-corrected chi connectivity index (χ2v) is 6.04. The summed E-state index contributed by atoms with van der Waals surface area (Å²) in [5, 5.41) is 22.3. The van der Waals surface area contributed by atoms with Gasteiger partial charge < -0.3 is 14.9 Å². The van der Waals surface area contributed by atoms with Crippen molar-refractivity contribution in [1.29, 1.82) is 0 Å². The third kappa shape index (κ3) is 2.85. The quantitative estimate of drug-likeness (QED) is 0.412. The van der Waals surface area contributed by atoms with Gasteiger partial charge in [-0.2, -0.15) is 0 Å². The van der Waals surface area contributed by atoms with Gasteiger partial charge in [0.1, 0.15) is 16.9 Å². The smallest absolute Gasteiger partial charge is 0.348 e. The van der Waals surface area contributed by atoms with Crippen LogP contribution >= 0.6 is 0 Å². The Morgan fingerprint density at radius 1 is 0.741 bits per heavy atom. The number of aromatic hydroxyl groups is 1. The number of fused-ring (bicyclic) bond motifs is 2. The molecule has 0 aliphatic carbocycles. The minimum atomic E-state index is -1.20. The number of ether oxygens (including phenoxy) is 1. The molecule has 0 aliphatic rings. The van der Waals surface area contributed by atoms with Crippen molar-refractivity contribution < 1.29 is 24.5 Å². The topological polar surface area (TPSA) is 83.8 Å². The Morgan fingerprint density at radius 3 is 2.04 bits per heavy atom. The summed E-state index contributed by atoms with van der Waals surface area (Å²) in [4.78, 5) is 24.5. The number of phenolic OH excluding ortho intramolecular Hbond substituents is 1. The number of rotatable bonds is 3. The number of hydrogen-bond acceptors (Lipinski definition) is 4. The fraction of sp³-hybridized carbons (Fsp3) is 0. The Hall–Kier alpha value is -3.86. The van der Waals surface area contributed by atoms with E-state index in [1.165, 1.54) is 12.1 Å². The molecule has 5 nitrogen and oxygen atoms in total. The molecule has 0 spiro atoms. The van der Waals surface area contributed by atoms with Crippen LogP contribution in [0.2, 0.25) is 0 Å². The summed E-state index contributed by atoms with van der Waals surface area (Å²) >= 11 is 0. The van der Waals surface area contributed by atoms with Gasteiger partial charge in [-0.1, -0.05) is 60.7 Å². The number of carbonyl (C=O) groups excluding carboxylic acids is 1. The third-order valence-electron chi connectivity index (χ3n) is 4.42. The lowest BCUT2D eigenvalue weighted by Gasteiger charge is -2.13. The highest BCUT2D eigenvalue weighted by atomic mass is 16.5. The van der Waals surface area contributed by atoms with E-state index in [1.54, 1.807) is 42.5 Å². The predicted octanol–water partition coefficient (Wildman–Crippen LogP) is 4.62. The van der Waals surface area contributed by atoms with E-state index < -0.39 is 11.9 Å². The molecule has 0 bridgehead atoms. The molecule has 2 N–H and O–H groups in total. The SMILES string of the molecule is O=C(O)c1ccc2ccccc2c1OC(=O)c1c(O)ccc2ccccc12. The standard InChI is InChI=1S/C22H14O5/c23-18-12-10-13-5-1-3-7-15(13)19(18)22(26)27-20-16-8-4-2-6-14(16)9-11-17(20)21(24)25/h1-12,23H,(H,24,25). The molecule has 0 aromatic heterocycles. The number of carboxylic acid groups (broad SMARTS) is 1. The summed E-state index contributed by atoms with van der Waals surface area (Å²) in [5.41, 5.74) is -0.126. The van der Waals surface area contributed by atoms with E-state index in [0.29, 0.717) is 10.8 Å². The number of hydrogen-bond donors (Lipinski definition) is 2. The molecule has 0 saturated heterocycles. The predicted molar refractivity (Wildman–Crippen MR) is 101 cm³/mol. The Morgan fingerprint density at radius 2 is 1.33 bits per heavy atom. The highest BCUT2D eigenvalue weighted by molar-refractivity contribution is 6.09. The molecule has 0 radical (unpaired) electrons. The molecule has 4 aromatic rings. The van der Waals surface area contributed by atoms with Gasteiger partial charge in [0, 0.05) is 5.39 Å².